The van der Waals surface area contributed by atoms with Crippen molar-refractivity contribution in [2.45, 2.75) is 19.5 Å². The molecule has 0 saturated carbocycles. The Morgan fingerprint density at radius 3 is 2.77 bits per heavy atom. The average molecular weight is 318 g/mol. The Hall–Kier alpha value is -1.85. The van der Waals surface area contributed by atoms with Gasteiger partial charge in [0.15, 0.2) is 0 Å². The molecule has 1 saturated heterocycles. The second-order valence-corrected chi connectivity index (χ2v) is 6.23. The number of nitrogens with zero attached hydrogens (tertiary/aromatic N) is 3. The fourth-order valence-corrected chi connectivity index (χ4v) is 3.11. The largest absolute Gasteiger partial charge is 0.368 e. The molecular formula is C16H20ClN5. The maximum atomic E-state index is 5.93. The summed E-state index contributed by atoms with van der Waals surface area (Å²) in [7, 11) is 0. The topological polar surface area (TPSA) is 67.1 Å². The van der Waals surface area contributed by atoms with E-state index in [1.54, 1.807) is 6.07 Å². The molecule has 0 spiro atoms. The monoisotopic (exact) mass is 317 g/mol. The zero-order valence-electron chi connectivity index (χ0n) is 12.5. The Morgan fingerprint density at radius 2 is 2.05 bits per heavy atom. The van der Waals surface area contributed by atoms with Gasteiger partial charge in [0.25, 0.3) is 0 Å². The number of nitrogen functional groups attached to an aromatic ring is 1. The number of hydrogen-bond donors (Lipinski definition) is 2. The second-order valence-electron chi connectivity index (χ2n) is 5.84. The van der Waals surface area contributed by atoms with Gasteiger partial charge in [-0.3, -0.25) is 4.90 Å². The Labute approximate surface area is 135 Å². The predicted octanol–water partition coefficient (Wildman–Crippen LogP) is 2.64. The zero-order chi connectivity index (χ0) is 15.5. The Bertz CT molecular complexity index is 613. The van der Waals surface area contributed by atoms with Crippen LogP contribution >= 0.6 is 11.6 Å². The minimum atomic E-state index is 0.196. The van der Waals surface area contributed by atoms with Gasteiger partial charge in [0, 0.05) is 31.7 Å². The molecule has 1 aromatic heterocycles. The fraction of sp³-hybridized carbons (Fsp3) is 0.375. The van der Waals surface area contributed by atoms with Crippen LogP contribution in [0.25, 0.3) is 0 Å². The lowest BCUT2D eigenvalue weighted by atomic mass is 10.1. The van der Waals surface area contributed by atoms with Crippen molar-refractivity contribution in [2.75, 3.05) is 24.1 Å². The summed E-state index contributed by atoms with van der Waals surface area (Å²) in [5.41, 5.74) is 6.98. The van der Waals surface area contributed by atoms with Gasteiger partial charge in [-0.2, -0.15) is 4.98 Å². The number of hydrogen-bond acceptors (Lipinski definition) is 5. The van der Waals surface area contributed by atoms with Crippen molar-refractivity contribution in [3.63, 3.8) is 0 Å². The van der Waals surface area contributed by atoms with E-state index in [1.165, 1.54) is 5.56 Å². The molecule has 1 aliphatic rings. The van der Waals surface area contributed by atoms with E-state index in [2.05, 4.69) is 51.4 Å². The number of aromatic nitrogens is 2. The number of nitrogens with one attached hydrogen (secondary N) is 1. The minimum absolute atomic E-state index is 0.196. The molecule has 1 aliphatic heterocycles. The third-order valence-corrected chi connectivity index (χ3v) is 4.18. The van der Waals surface area contributed by atoms with Crippen molar-refractivity contribution in [1.29, 1.82) is 0 Å². The Morgan fingerprint density at radius 1 is 1.27 bits per heavy atom. The minimum Gasteiger partial charge on any atom is -0.368 e. The Balaban J connectivity index is 1.63. The van der Waals surface area contributed by atoms with Crippen molar-refractivity contribution in [3.8, 4) is 0 Å². The van der Waals surface area contributed by atoms with Crippen LogP contribution in [0.5, 0.6) is 0 Å². The third kappa shape index (κ3) is 3.67. The number of halogens is 1. The van der Waals surface area contributed by atoms with Crippen molar-refractivity contribution in [1.82, 2.24) is 14.9 Å². The zero-order valence-corrected chi connectivity index (χ0v) is 13.3. The molecule has 0 aliphatic carbocycles. The van der Waals surface area contributed by atoms with E-state index in [1.807, 2.05) is 6.07 Å². The summed E-state index contributed by atoms with van der Waals surface area (Å²) in [4.78, 5) is 10.5. The molecule has 22 heavy (non-hydrogen) atoms. The van der Waals surface area contributed by atoms with E-state index in [4.69, 9.17) is 17.3 Å². The summed E-state index contributed by atoms with van der Waals surface area (Å²) in [6, 6.07) is 12.6. The first-order valence-electron chi connectivity index (χ1n) is 7.43. The van der Waals surface area contributed by atoms with Gasteiger partial charge in [0.2, 0.25) is 5.95 Å². The normalized spacial score (nSPS) is 21.9. The third-order valence-electron chi connectivity index (χ3n) is 3.98. The van der Waals surface area contributed by atoms with Gasteiger partial charge in [-0.05, 0) is 11.5 Å². The summed E-state index contributed by atoms with van der Waals surface area (Å²) < 4.78 is 0. The molecule has 2 aromatic rings. The molecular weight excluding hydrogens is 298 g/mol. The van der Waals surface area contributed by atoms with E-state index >= 15 is 0 Å². The van der Waals surface area contributed by atoms with Gasteiger partial charge in [-0.25, -0.2) is 4.98 Å². The van der Waals surface area contributed by atoms with Crippen LogP contribution in [0, 0.1) is 5.92 Å². The van der Waals surface area contributed by atoms with Gasteiger partial charge in [-0.15, -0.1) is 0 Å². The van der Waals surface area contributed by atoms with Crippen LogP contribution in [0.1, 0.15) is 12.5 Å². The summed E-state index contributed by atoms with van der Waals surface area (Å²) >= 11 is 5.93. The van der Waals surface area contributed by atoms with Gasteiger partial charge in [-0.1, -0.05) is 48.9 Å². The number of rotatable bonds is 4. The molecule has 0 bridgehead atoms. The van der Waals surface area contributed by atoms with Crippen molar-refractivity contribution in [3.05, 3.63) is 47.1 Å². The summed E-state index contributed by atoms with van der Waals surface area (Å²) in [5, 5.41) is 3.79. The molecule has 2 unspecified atom stereocenters. The molecule has 3 rings (SSSR count). The fourth-order valence-electron chi connectivity index (χ4n) is 2.92. The van der Waals surface area contributed by atoms with E-state index in [0.717, 1.165) is 19.6 Å². The summed E-state index contributed by atoms with van der Waals surface area (Å²) in [6.07, 6.45) is 0. The molecule has 3 N–H and O–H groups in total. The number of anilines is 2. The van der Waals surface area contributed by atoms with Gasteiger partial charge in [0.05, 0.1) is 0 Å². The van der Waals surface area contributed by atoms with Crippen LogP contribution in [0.4, 0.5) is 11.8 Å². The quantitative estimate of drug-likeness (QED) is 0.849. The molecule has 2 atom stereocenters. The first-order chi connectivity index (χ1) is 10.6. The molecule has 2 heterocycles. The smallest absolute Gasteiger partial charge is 0.223 e. The SMILES string of the molecule is CC1CN(Cc2ccccc2)CC1Nc1cc(Cl)nc(N)n1. The van der Waals surface area contributed by atoms with Crippen LogP contribution in [-0.4, -0.2) is 34.0 Å². The van der Waals surface area contributed by atoms with Crippen LogP contribution in [-0.2, 0) is 6.54 Å². The van der Waals surface area contributed by atoms with E-state index in [9.17, 15) is 0 Å². The lowest BCUT2D eigenvalue weighted by Gasteiger charge is -2.18. The average Bonchev–Trinajstić information content (AvgIpc) is 2.78. The highest BCUT2D eigenvalue weighted by Gasteiger charge is 2.29. The standard InChI is InChI=1S/C16H20ClN5/c1-11-8-22(9-12-5-3-2-4-6-12)10-13(11)19-15-7-14(17)20-16(18)21-15/h2-7,11,13H,8-10H2,1H3,(H3,18,19,20,21). The van der Waals surface area contributed by atoms with Crippen LogP contribution < -0.4 is 11.1 Å². The highest BCUT2D eigenvalue weighted by atomic mass is 35.5. The predicted molar refractivity (Wildman–Crippen MR) is 89.7 cm³/mol. The number of benzene rings is 1. The first-order valence-corrected chi connectivity index (χ1v) is 7.81. The molecule has 6 heteroatoms. The maximum Gasteiger partial charge on any atom is 0.223 e. The van der Waals surface area contributed by atoms with Crippen LogP contribution in [0.3, 0.4) is 0 Å². The number of likely N-dealkylation sites (tertiary alicyclic amines) is 1. The molecule has 0 radical (unpaired) electrons. The molecule has 1 fully saturated rings. The van der Waals surface area contributed by atoms with Gasteiger partial charge >= 0.3 is 0 Å². The van der Waals surface area contributed by atoms with E-state index < -0.39 is 0 Å². The van der Waals surface area contributed by atoms with Crippen LogP contribution in [0.15, 0.2) is 36.4 Å². The van der Waals surface area contributed by atoms with Crippen LogP contribution in [0.2, 0.25) is 5.15 Å². The molecule has 1 aromatic carbocycles. The van der Waals surface area contributed by atoms with Gasteiger partial charge < -0.3 is 11.1 Å². The molecule has 5 nitrogen and oxygen atoms in total. The maximum absolute atomic E-state index is 5.93. The van der Waals surface area contributed by atoms with Gasteiger partial charge in [0.1, 0.15) is 11.0 Å². The summed E-state index contributed by atoms with van der Waals surface area (Å²) in [6.45, 7) is 5.24. The lowest BCUT2D eigenvalue weighted by molar-refractivity contribution is 0.319. The number of nitrogens with two attached hydrogens (primary N) is 1. The summed E-state index contributed by atoms with van der Waals surface area (Å²) in [5.74, 6) is 1.41. The van der Waals surface area contributed by atoms with Crippen molar-refractivity contribution >= 4 is 23.4 Å². The van der Waals surface area contributed by atoms with Crippen molar-refractivity contribution < 1.29 is 0 Å². The lowest BCUT2D eigenvalue weighted by Crippen LogP contribution is -2.28. The highest BCUT2D eigenvalue weighted by molar-refractivity contribution is 6.29. The van der Waals surface area contributed by atoms with E-state index in [0.29, 0.717) is 22.9 Å². The highest BCUT2D eigenvalue weighted by Crippen LogP contribution is 2.23. The first kappa shape index (κ1) is 15.1. The van der Waals surface area contributed by atoms with E-state index in [-0.39, 0.29) is 5.95 Å². The molecule has 0 amide bonds. The Kier molecular flexibility index (Phi) is 4.45. The second kappa shape index (κ2) is 6.50. The van der Waals surface area contributed by atoms with Crippen molar-refractivity contribution in [2.24, 2.45) is 5.92 Å². The molecule has 116 valence electrons.